The number of methoxy groups -OCH3 is 2. The molecule has 240 valence electrons. The fourth-order valence-electron chi connectivity index (χ4n) is 4.76. The third kappa shape index (κ3) is 10.3. The molecule has 0 fully saturated rings. The van der Waals surface area contributed by atoms with Gasteiger partial charge in [0.05, 0.1) is 36.3 Å². The van der Waals surface area contributed by atoms with Gasteiger partial charge in [0, 0.05) is 38.0 Å². The number of carbonyl (C=O) groups excluding carboxylic acids is 2. The van der Waals surface area contributed by atoms with E-state index in [1.165, 1.54) is 26.4 Å². The first-order valence-electron chi connectivity index (χ1n) is 14.0. The van der Waals surface area contributed by atoms with E-state index in [1.54, 1.807) is 32.1 Å². The van der Waals surface area contributed by atoms with Gasteiger partial charge in [-0.1, -0.05) is 31.2 Å². The molecule has 2 rings (SSSR count). The smallest absolute Gasteiger partial charge is 0.405 e. The third-order valence-electron chi connectivity index (χ3n) is 7.22. The second-order valence-corrected chi connectivity index (χ2v) is 10.7. The number of hydrogen-bond donors (Lipinski definition) is 8. The van der Waals surface area contributed by atoms with Crippen LogP contribution in [0.2, 0.25) is 0 Å². The lowest BCUT2D eigenvalue weighted by Gasteiger charge is -2.27. The number of amides is 2. The fraction of sp³-hybridized carbons (Fsp3) is 0.533. The highest BCUT2D eigenvalue weighted by Crippen LogP contribution is 2.42. The predicted molar refractivity (Wildman–Crippen MR) is 161 cm³/mol. The number of fused-ring (bicyclic) bond motifs is 2. The Morgan fingerprint density at radius 1 is 1.23 bits per heavy atom. The summed E-state index contributed by atoms with van der Waals surface area (Å²) in [5, 5.41) is 57.6. The molecule has 13 nitrogen and oxygen atoms in total. The number of aliphatic hydroxyl groups excluding tert-OH is 3. The monoisotopic (exact) mass is 607 g/mol. The molecule has 0 saturated heterocycles. The lowest BCUT2D eigenvalue weighted by atomic mass is 9.90. The molecule has 9 N–H and O–H groups in total. The number of aliphatic hydroxyl groups is 3. The maximum atomic E-state index is 13.0. The Morgan fingerprint density at radius 3 is 2.53 bits per heavy atom. The predicted octanol–water partition coefficient (Wildman–Crippen LogP) is 2.08. The van der Waals surface area contributed by atoms with Crippen LogP contribution in [0.3, 0.4) is 0 Å². The van der Waals surface area contributed by atoms with Gasteiger partial charge in [0.2, 0.25) is 0 Å². The van der Waals surface area contributed by atoms with Gasteiger partial charge in [-0.05, 0) is 44.6 Å². The molecule has 0 aliphatic carbocycles. The molecular weight excluding hydrogens is 562 g/mol. The minimum absolute atomic E-state index is 0.0413. The normalized spacial score (nSPS) is 28.0. The zero-order valence-electron chi connectivity index (χ0n) is 25.2. The van der Waals surface area contributed by atoms with Gasteiger partial charge in [-0.3, -0.25) is 4.79 Å². The zero-order chi connectivity index (χ0) is 32.3. The van der Waals surface area contributed by atoms with E-state index in [0.29, 0.717) is 12.0 Å². The Kier molecular flexibility index (Phi) is 14.0. The van der Waals surface area contributed by atoms with E-state index in [4.69, 9.17) is 19.9 Å². The summed E-state index contributed by atoms with van der Waals surface area (Å²) in [6, 6.07) is 1.18. The van der Waals surface area contributed by atoms with Crippen molar-refractivity contribution in [2.24, 2.45) is 11.7 Å². The van der Waals surface area contributed by atoms with E-state index >= 15 is 0 Å². The zero-order valence-corrected chi connectivity index (χ0v) is 25.2. The van der Waals surface area contributed by atoms with Gasteiger partial charge in [-0.25, -0.2) is 4.79 Å². The van der Waals surface area contributed by atoms with Gasteiger partial charge in [0.15, 0.2) is 6.10 Å². The van der Waals surface area contributed by atoms with Gasteiger partial charge in [0.25, 0.3) is 5.91 Å². The Balaban J connectivity index is 2.61. The van der Waals surface area contributed by atoms with Crippen LogP contribution in [0.4, 0.5) is 16.2 Å². The van der Waals surface area contributed by atoms with Crippen LogP contribution in [-0.4, -0.2) is 95.4 Å². The number of phenols is 2. The molecular formula is C30H45N3O10. The number of nitrogens with one attached hydrogen (secondary N) is 2. The number of anilines is 2. The molecule has 13 heteroatoms. The Bertz CT molecular complexity index is 1200. The molecule has 0 saturated carbocycles. The van der Waals surface area contributed by atoms with Gasteiger partial charge >= 0.3 is 6.09 Å². The van der Waals surface area contributed by atoms with Gasteiger partial charge in [-0.15, -0.1) is 0 Å². The van der Waals surface area contributed by atoms with E-state index in [0.717, 1.165) is 0 Å². The highest BCUT2D eigenvalue weighted by Gasteiger charge is 2.28. The SMILES string of the molecule is CO[C@H]1/C=C\C=C(/C)C(=O)Nc2cc(O)c(NCC(O)CO)c(c2O)C[C@@H](C)C[C@H](OC)[C@H](O)C/C=C(\C)[C@@H]1OC(N)=O. The van der Waals surface area contributed by atoms with E-state index in [1.807, 2.05) is 6.92 Å². The molecule has 2 bridgehead atoms. The lowest BCUT2D eigenvalue weighted by Crippen LogP contribution is -2.35. The number of ether oxygens (including phenoxy) is 3. The van der Waals surface area contributed by atoms with Crippen LogP contribution < -0.4 is 16.4 Å². The Morgan fingerprint density at radius 2 is 1.93 bits per heavy atom. The van der Waals surface area contributed by atoms with Crippen molar-refractivity contribution in [1.82, 2.24) is 0 Å². The second kappa shape index (κ2) is 16.9. The van der Waals surface area contributed by atoms with E-state index in [9.17, 15) is 35.1 Å². The average Bonchev–Trinajstić information content (AvgIpc) is 2.96. The number of phenolic OH excluding ortho intramolecular Hbond substituents is 2. The molecule has 2 amide bonds. The number of benzene rings is 1. The van der Waals surface area contributed by atoms with Crippen molar-refractivity contribution in [3.8, 4) is 11.5 Å². The standard InChI is InChI=1S/C30H45N3O10/c1-16-11-20-26(32-14-19(35)15-34)23(37)13-21(27(20)38)33-29(39)18(3)7-6-8-24(41-4)28(43-30(31)40)17(2)9-10-22(36)25(12-16)42-5/h6-9,13,16,19,22,24-25,28,32,34-38H,10-12,14-15H2,1-5H3,(H2,31,40)(H,33,39)/b8-6-,17-9+,18-7+/t16-,19?,22-,24+,25+,28+/m1/s1. The molecule has 1 aliphatic rings. The molecule has 1 aromatic carbocycles. The molecule has 1 unspecified atom stereocenters. The Hall–Kier alpha value is -3.62. The number of allylic oxidation sites excluding steroid dienone is 2. The summed E-state index contributed by atoms with van der Waals surface area (Å²) >= 11 is 0. The van der Waals surface area contributed by atoms with Crippen molar-refractivity contribution in [2.45, 2.75) is 70.6 Å². The van der Waals surface area contributed by atoms with Crippen LogP contribution in [0.15, 0.2) is 41.5 Å². The van der Waals surface area contributed by atoms with Crippen LogP contribution in [-0.2, 0) is 25.4 Å². The molecule has 43 heavy (non-hydrogen) atoms. The molecule has 0 spiro atoms. The van der Waals surface area contributed by atoms with Gasteiger partial charge in [-0.2, -0.15) is 0 Å². The number of carbonyl (C=O) groups is 2. The number of hydrogen-bond acceptors (Lipinski definition) is 11. The van der Waals surface area contributed by atoms with Crippen LogP contribution in [0, 0.1) is 5.92 Å². The summed E-state index contributed by atoms with van der Waals surface area (Å²) in [6.45, 7) is 4.51. The van der Waals surface area contributed by atoms with Crippen molar-refractivity contribution in [2.75, 3.05) is 38.0 Å². The minimum atomic E-state index is -1.12. The summed E-state index contributed by atoms with van der Waals surface area (Å²) in [7, 11) is 2.89. The van der Waals surface area contributed by atoms with Gasteiger partial charge < -0.3 is 56.1 Å². The number of aromatic hydroxyl groups is 2. The van der Waals surface area contributed by atoms with Crippen molar-refractivity contribution in [3.63, 3.8) is 0 Å². The van der Waals surface area contributed by atoms with E-state index in [-0.39, 0.29) is 59.3 Å². The number of primary amides is 1. The van der Waals surface area contributed by atoms with Crippen LogP contribution >= 0.6 is 0 Å². The maximum absolute atomic E-state index is 13.0. The quantitative estimate of drug-likeness (QED) is 0.128. The van der Waals surface area contributed by atoms with Gasteiger partial charge in [0.1, 0.15) is 17.6 Å². The summed E-state index contributed by atoms with van der Waals surface area (Å²) in [5.41, 5.74) is 6.49. The molecule has 1 aromatic rings. The summed E-state index contributed by atoms with van der Waals surface area (Å²) in [4.78, 5) is 24.7. The first-order valence-corrected chi connectivity index (χ1v) is 14.0. The topological polar surface area (TPSA) is 213 Å². The number of nitrogens with two attached hydrogens (primary N) is 1. The first-order chi connectivity index (χ1) is 20.3. The lowest BCUT2D eigenvalue weighted by molar-refractivity contribution is -0.112. The molecule has 6 atom stereocenters. The van der Waals surface area contributed by atoms with Crippen molar-refractivity contribution < 1.29 is 49.3 Å². The van der Waals surface area contributed by atoms with Crippen molar-refractivity contribution >= 4 is 23.4 Å². The minimum Gasteiger partial charge on any atom is -0.506 e. The highest BCUT2D eigenvalue weighted by atomic mass is 16.6. The summed E-state index contributed by atoms with van der Waals surface area (Å²) < 4.78 is 16.4. The first kappa shape index (κ1) is 35.6. The van der Waals surface area contributed by atoms with E-state index in [2.05, 4.69) is 10.6 Å². The maximum Gasteiger partial charge on any atom is 0.405 e. The van der Waals surface area contributed by atoms with E-state index < -0.39 is 49.1 Å². The average molecular weight is 608 g/mol. The van der Waals surface area contributed by atoms with Crippen LogP contribution in [0.25, 0.3) is 0 Å². The third-order valence-corrected chi connectivity index (χ3v) is 7.22. The van der Waals surface area contributed by atoms with Crippen molar-refractivity contribution in [3.05, 3.63) is 47.1 Å². The molecule has 0 radical (unpaired) electrons. The summed E-state index contributed by atoms with van der Waals surface area (Å²) in [6.07, 6.45) is 1.60. The fourth-order valence-corrected chi connectivity index (χ4v) is 4.76. The van der Waals surface area contributed by atoms with Crippen LogP contribution in [0.1, 0.15) is 39.2 Å². The molecule has 1 heterocycles. The second-order valence-electron chi connectivity index (χ2n) is 10.7. The largest absolute Gasteiger partial charge is 0.506 e. The van der Waals surface area contributed by atoms with Crippen LogP contribution in [0.5, 0.6) is 11.5 Å². The van der Waals surface area contributed by atoms with Crippen molar-refractivity contribution in [1.29, 1.82) is 0 Å². The Labute approximate surface area is 251 Å². The number of rotatable bonds is 7. The highest BCUT2D eigenvalue weighted by molar-refractivity contribution is 6.04. The summed E-state index contributed by atoms with van der Waals surface area (Å²) in [5.74, 6) is -1.37. The molecule has 0 aromatic heterocycles. The molecule has 1 aliphatic heterocycles.